The van der Waals surface area contributed by atoms with Crippen molar-refractivity contribution in [1.29, 1.82) is 0 Å². The van der Waals surface area contributed by atoms with Crippen molar-refractivity contribution < 1.29 is 14.3 Å². The van der Waals surface area contributed by atoms with Gasteiger partial charge < -0.3 is 10.1 Å². The molecule has 0 aliphatic heterocycles. The second kappa shape index (κ2) is 8.43. The Bertz CT molecular complexity index is 792. The van der Waals surface area contributed by atoms with Gasteiger partial charge in [-0.05, 0) is 42.0 Å². The summed E-state index contributed by atoms with van der Waals surface area (Å²) in [5.41, 5.74) is 4.90. The molecule has 25 heavy (non-hydrogen) atoms. The number of rotatable bonds is 4. The Morgan fingerprint density at radius 3 is 2.32 bits per heavy atom. The molecule has 0 heterocycles. The first-order valence-electron chi connectivity index (χ1n) is 7.93. The van der Waals surface area contributed by atoms with Crippen molar-refractivity contribution >= 4 is 39.9 Å². The van der Waals surface area contributed by atoms with E-state index in [2.05, 4.69) is 16.2 Å². The van der Waals surface area contributed by atoms with Crippen LogP contribution in [-0.2, 0) is 9.59 Å². The lowest BCUT2D eigenvalue weighted by Gasteiger charge is -2.17. The first-order chi connectivity index (χ1) is 11.9. The van der Waals surface area contributed by atoms with Crippen molar-refractivity contribution in [2.75, 3.05) is 0 Å². The molecule has 0 unspecified atom stereocenters. The first-order valence-corrected chi connectivity index (χ1v) is 8.34. The lowest BCUT2D eigenvalue weighted by Crippen LogP contribution is -2.52. The molecular formula is C18H21N3O3S. The molecule has 0 saturated heterocycles. The van der Waals surface area contributed by atoms with Gasteiger partial charge in [-0.2, -0.15) is 0 Å². The fourth-order valence-electron chi connectivity index (χ4n) is 2.01. The van der Waals surface area contributed by atoms with Crippen molar-refractivity contribution in [3.05, 3.63) is 42.5 Å². The van der Waals surface area contributed by atoms with E-state index in [1.807, 2.05) is 42.5 Å². The van der Waals surface area contributed by atoms with E-state index in [1.165, 1.54) is 0 Å². The maximum absolute atomic E-state index is 12.1. The molecule has 6 nitrogen and oxygen atoms in total. The molecule has 2 amide bonds. The van der Waals surface area contributed by atoms with E-state index in [0.29, 0.717) is 5.75 Å². The molecule has 0 bridgehead atoms. The molecule has 0 aromatic heterocycles. The van der Waals surface area contributed by atoms with Crippen LogP contribution in [0.25, 0.3) is 10.8 Å². The van der Waals surface area contributed by atoms with Crippen molar-refractivity contribution in [1.82, 2.24) is 16.2 Å². The summed E-state index contributed by atoms with van der Waals surface area (Å²) in [6.45, 7) is 5.12. The van der Waals surface area contributed by atoms with Crippen molar-refractivity contribution in [2.45, 2.75) is 26.9 Å². The van der Waals surface area contributed by atoms with E-state index in [0.717, 1.165) is 10.8 Å². The minimum Gasteiger partial charge on any atom is -0.481 e. The van der Waals surface area contributed by atoms with Gasteiger partial charge in [0.2, 0.25) is 5.91 Å². The molecule has 0 radical (unpaired) electrons. The van der Waals surface area contributed by atoms with E-state index < -0.39 is 12.0 Å². The van der Waals surface area contributed by atoms with Crippen LogP contribution >= 0.6 is 12.2 Å². The van der Waals surface area contributed by atoms with Crippen molar-refractivity contribution in [2.24, 2.45) is 5.92 Å². The van der Waals surface area contributed by atoms with Gasteiger partial charge in [-0.25, -0.2) is 0 Å². The van der Waals surface area contributed by atoms with Gasteiger partial charge in [0.15, 0.2) is 11.2 Å². The number of amides is 2. The molecular weight excluding hydrogens is 338 g/mol. The molecule has 0 saturated carbocycles. The first kappa shape index (κ1) is 18.7. The van der Waals surface area contributed by atoms with Crippen LogP contribution in [0.1, 0.15) is 20.8 Å². The number of carbonyl (C=O) groups is 2. The molecule has 2 aromatic rings. The molecule has 2 rings (SSSR count). The number of ether oxygens (including phenoxy) is 1. The normalized spacial score (nSPS) is 11.7. The smallest absolute Gasteiger partial charge is 0.279 e. The average Bonchev–Trinajstić information content (AvgIpc) is 2.59. The average molecular weight is 359 g/mol. The minimum atomic E-state index is -0.739. The van der Waals surface area contributed by atoms with E-state index in [4.69, 9.17) is 17.0 Å². The van der Waals surface area contributed by atoms with Crippen LogP contribution in [0.15, 0.2) is 42.5 Å². The van der Waals surface area contributed by atoms with Gasteiger partial charge in [-0.1, -0.05) is 44.2 Å². The second-order valence-electron chi connectivity index (χ2n) is 5.86. The molecule has 1 atom stereocenters. The van der Waals surface area contributed by atoms with Gasteiger partial charge in [0.05, 0.1) is 0 Å². The number of hydrogen-bond donors (Lipinski definition) is 3. The summed E-state index contributed by atoms with van der Waals surface area (Å²) < 4.78 is 5.65. The summed E-state index contributed by atoms with van der Waals surface area (Å²) >= 11 is 4.94. The largest absolute Gasteiger partial charge is 0.481 e. The third-order valence-corrected chi connectivity index (χ3v) is 3.67. The zero-order chi connectivity index (χ0) is 18.4. The lowest BCUT2D eigenvalue weighted by atomic mass is 10.1. The van der Waals surface area contributed by atoms with Crippen molar-refractivity contribution in [3.8, 4) is 5.75 Å². The van der Waals surface area contributed by atoms with Gasteiger partial charge in [0.25, 0.3) is 5.91 Å². The summed E-state index contributed by atoms with van der Waals surface area (Å²) in [6, 6.07) is 13.5. The highest BCUT2D eigenvalue weighted by Gasteiger charge is 2.16. The molecule has 0 aliphatic rings. The highest BCUT2D eigenvalue weighted by molar-refractivity contribution is 7.80. The lowest BCUT2D eigenvalue weighted by molar-refractivity contribution is -0.128. The van der Waals surface area contributed by atoms with E-state index >= 15 is 0 Å². The van der Waals surface area contributed by atoms with Crippen LogP contribution in [0.4, 0.5) is 0 Å². The predicted octanol–water partition coefficient (Wildman–Crippen LogP) is 2.29. The topological polar surface area (TPSA) is 79.5 Å². The zero-order valence-corrected chi connectivity index (χ0v) is 15.1. The van der Waals surface area contributed by atoms with Crippen LogP contribution in [0.3, 0.4) is 0 Å². The Balaban J connectivity index is 1.86. The van der Waals surface area contributed by atoms with Gasteiger partial charge >= 0.3 is 0 Å². The third-order valence-electron chi connectivity index (χ3n) is 3.46. The SMILES string of the molecule is CC(C)C(=O)NC(=S)NNC(=O)[C@@H](C)Oc1ccc2ccccc2c1. The van der Waals surface area contributed by atoms with Gasteiger partial charge in [0.1, 0.15) is 5.75 Å². The number of carbonyl (C=O) groups excluding carboxylic acids is 2. The number of nitrogens with one attached hydrogen (secondary N) is 3. The number of hydrazine groups is 1. The molecule has 3 N–H and O–H groups in total. The molecule has 132 valence electrons. The monoisotopic (exact) mass is 359 g/mol. The maximum atomic E-state index is 12.1. The van der Waals surface area contributed by atoms with Gasteiger partial charge in [-0.15, -0.1) is 0 Å². The van der Waals surface area contributed by atoms with E-state index in [1.54, 1.807) is 20.8 Å². The molecule has 0 spiro atoms. The fourth-order valence-corrected chi connectivity index (χ4v) is 2.16. The predicted molar refractivity (Wildman–Crippen MR) is 101 cm³/mol. The van der Waals surface area contributed by atoms with E-state index in [-0.39, 0.29) is 16.9 Å². The summed E-state index contributed by atoms with van der Waals surface area (Å²) in [4.78, 5) is 23.6. The van der Waals surface area contributed by atoms with Gasteiger partial charge in [0, 0.05) is 5.92 Å². The summed E-state index contributed by atoms with van der Waals surface area (Å²) in [5, 5.41) is 4.63. The second-order valence-corrected chi connectivity index (χ2v) is 6.26. The molecule has 7 heteroatoms. The quantitative estimate of drug-likeness (QED) is 0.577. The Kier molecular flexibility index (Phi) is 6.30. The van der Waals surface area contributed by atoms with Crippen molar-refractivity contribution in [3.63, 3.8) is 0 Å². The highest BCUT2D eigenvalue weighted by atomic mass is 32.1. The Morgan fingerprint density at radius 1 is 0.960 bits per heavy atom. The Labute approximate surface area is 151 Å². The molecule has 0 fully saturated rings. The maximum Gasteiger partial charge on any atom is 0.279 e. The van der Waals surface area contributed by atoms with Crippen LogP contribution in [0, 0.1) is 5.92 Å². The molecule has 2 aromatic carbocycles. The number of benzene rings is 2. The summed E-state index contributed by atoms with van der Waals surface area (Å²) in [7, 11) is 0. The van der Waals surface area contributed by atoms with Crippen LogP contribution in [0.5, 0.6) is 5.75 Å². The van der Waals surface area contributed by atoms with E-state index in [9.17, 15) is 9.59 Å². The number of fused-ring (bicyclic) bond motifs is 1. The number of thiocarbonyl (C=S) groups is 1. The Morgan fingerprint density at radius 2 is 1.64 bits per heavy atom. The highest BCUT2D eigenvalue weighted by Crippen LogP contribution is 2.21. The standard InChI is InChI=1S/C18H21N3O3S/c1-11(2)16(22)19-18(25)21-20-17(23)12(3)24-15-9-8-13-6-4-5-7-14(13)10-15/h4-12H,1-3H3,(H,20,23)(H2,19,21,22,25)/t12-/m1/s1. The van der Waals surface area contributed by atoms with Crippen LogP contribution in [-0.4, -0.2) is 23.0 Å². The van der Waals surface area contributed by atoms with Crippen LogP contribution < -0.4 is 20.9 Å². The fraction of sp³-hybridized carbons (Fsp3) is 0.278. The Hall–Kier alpha value is -2.67. The van der Waals surface area contributed by atoms with Crippen LogP contribution in [0.2, 0.25) is 0 Å². The zero-order valence-electron chi connectivity index (χ0n) is 14.3. The minimum absolute atomic E-state index is 0.0324. The van der Waals surface area contributed by atoms with Gasteiger partial charge in [-0.3, -0.25) is 20.4 Å². The number of hydrogen-bond acceptors (Lipinski definition) is 4. The molecule has 0 aliphatic carbocycles. The summed E-state index contributed by atoms with van der Waals surface area (Å²) in [5.74, 6) is -0.246. The summed E-state index contributed by atoms with van der Waals surface area (Å²) in [6.07, 6.45) is -0.739. The third kappa shape index (κ3) is 5.42.